The fourth-order valence-electron chi connectivity index (χ4n) is 1.73. The molecule has 0 aliphatic carbocycles. The van der Waals surface area contributed by atoms with Gasteiger partial charge in [-0.1, -0.05) is 18.2 Å². The molecule has 16 heavy (non-hydrogen) atoms. The van der Waals surface area contributed by atoms with Crippen molar-refractivity contribution in [3.05, 3.63) is 35.2 Å². The molecule has 1 N–H and O–H groups in total. The number of benzene rings is 1. The molecule has 1 atom stereocenters. The van der Waals surface area contributed by atoms with Crippen LogP contribution in [-0.2, 0) is 4.74 Å². The van der Waals surface area contributed by atoms with E-state index in [2.05, 4.69) is 18.2 Å². The van der Waals surface area contributed by atoms with Gasteiger partial charge in [-0.05, 0) is 30.4 Å². The molecule has 3 heteroatoms. The van der Waals surface area contributed by atoms with Crippen molar-refractivity contribution < 1.29 is 9.84 Å². The third-order valence-corrected chi connectivity index (χ3v) is 3.82. The van der Waals surface area contributed by atoms with E-state index >= 15 is 0 Å². The molecular formula is C13H16O2S. The van der Waals surface area contributed by atoms with Crippen LogP contribution in [0.1, 0.15) is 23.8 Å². The number of thiophene rings is 1. The Labute approximate surface area is 99.5 Å². The minimum Gasteiger partial charge on any atom is -0.388 e. The Bertz CT molecular complexity index is 417. The fourth-order valence-corrected chi connectivity index (χ4v) is 2.82. The van der Waals surface area contributed by atoms with Gasteiger partial charge in [0.25, 0.3) is 0 Å². The Hall–Kier alpha value is -0.900. The van der Waals surface area contributed by atoms with Gasteiger partial charge in [0.15, 0.2) is 0 Å². The first-order valence-electron chi connectivity index (χ1n) is 5.46. The molecule has 2 rings (SSSR count). The lowest BCUT2D eigenvalue weighted by Gasteiger charge is -2.06. The van der Waals surface area contributed by atoms with Crippen LogP contribution in [0.2, 0.25) is 0 Å². The van der Waals surface area contributed by atoms with Crippen molar-refractivity contribution in [1.82, 2.24) is 0 Å². The van der Waals surface area contributed by atoms with E-state index < -0.39 is 0 Å². The molecule has 1 aromatic carbocycles. The van der Waals surface area contributed by atoms with Crippen LogP contribution in [0.25, 0.3) is 10.1 Å². The van der Waals surface area contributed by atoms with Crippen LogP contribution in [0.4, 0.5) is 0 Å². The van der Waals surface area contributed by atoms with Crippen LogP contribution in [-0.4, -0.2) is 18.8 Å². The number of aliphatic hydroxyl groups is 1. The SMILES string of the molecule is COCCCC(O)c1cc2ccccc2s1. The summed E-state index contributed by atoms with van der Waals surface area (Å²) in [6.45, 7) is 0.710. The monoisotopic (exact) mass is 236 g/mol. The predicted molar refractivity (Wildman–Crippen MR) is 67.9 cm³/mol. The van der Waals surface area contributed by atoms with Crippen molar-refractivity contribution in [3.8, 4) is 0 Å². The summed E-state index contributed by atoms with van der Waals surface area (Å²) in [4.78, 5) is 1.05. The quantitative estimate of drug-likeness (QED) is 0.807. The highest BCUT2D eigenvalue weighted by Crippen LogP contribution is 2.31. The summed E-state index contributed by atoms with van der Waals surface area (Å²) < 4.78 is 6.22. The molecule has 1 unspecified atom stereocenters. The van der Waals surface area contributed by atoms with E-state index in [0.717, 1.165) is 17.7 Å². The highest BCUT2D eigenvalue weighted by Gasteiger charge is 2.10. The summed E-state index contributed by atoms with van der Waals surface area (Å²) in [5, 5.41) is 11.2. The molecule has 2 nitrogen and oxygen atoms in total. The van der Waals surface area contributed by atoms with Gasteiger partial charge in [-0.25, -0.2) is 0 Å². The summed E-state index contributed by atoms with van der Waals surface area (Å²) in [7, 11) is 1.69. The van der Waals surface area contributed by atoms with Crippen molar-refractivity contribution in [2.75, 3.05) is 13.7 Å². The molecule has 0 fully saturated rings. The average Bonchev–Trinajstić information content (AvgIpc) is 2.73. The summed E-state index contributed by atoms with van der Waals surface area (Å²) in [5.74, 6) is 0. The van der Waals surface area contributed by atoms with Crippen molar-refractivity contribution in [2.24, 2.45) is 0 Å². The second-order valence-electron chi connectivity index (χ2n) is 3.84. The molecule has 1 aromatic heterocycles. The first-order valence-corrected chi connectivity index (χ1v) is 6.28. The molecule has 0 aliphatic heterocycles. The first-order chi connectivity index (χ1) is 7.81. The number of rotatable bonds is 5. The summed E-state index contributed by atoms with van der Waals surface area (Å²) in [6, 6.07) is 10.3. The maximum absolute atomic E-state index is 10.0. The standard InChI is InChI=1S/C13H16O2S/c1-15-8-4-6-11(14)13-9-10-5-2-3-7-12(10)16-13/h2-3,5,7,9,11,14H,4,6,8H2,1H3. The maximum atomic E-state index is 10.0. The largest absolute Gasteiger partial charge is 0.388 e. The second kappa shape index (κ2) is 5.43. The zero-order chi connectivity index (χ0) is 11.4. The van der Waals surface area contributed by atoms with Crippen molar-refractivity contribution >= 4 is 21.4 Å². The number of hydrogen-bond acceptors (Lipinski definition) is 3. The van der Waals surface area contributed by atoms with Crippen LogP contribution < -0.4 is 0 Å². The lowest BCUT2D eigenvalue weighted by atomic mass is 10.1. The molecular weight excluding hydrogens is 220 g/mol. The van der Waals surface area contributed by atoms with E-state index in [4.69, 9.17) is 4.74 Å². The Kier molecular flexibility index (Phi) is 3.93. The van der Waals surface area contributed by atoms with E-state index in [1.807, 2.05) is 12.1 Å². The van der Waals surface area contributed by atoms with E-state index in [1.165, 1.54) is 10.1 Å². The van der Waals surface area contributed by atoms with Crippen LogP contribution in [0.3, 0.4) is 0 Å². The van der Waals surface area contributed by atoms with E-state index in [0.29, 0.717) is 6.61 Å². The number of fused-ring (bicyclic) bond motifs is 1. The zero-order valence-electron chi connectivity index (χ0n) is 9.35. The maximum Gasteiger partial charge on any atom is 0.0883 e. The Morgan fingerprint density at radius 3 is 2.94 bits per heavy atom. The number of hydrogen-bond donors (Lipinski definition) is 1. The van der Waals surface area contributed by atoms with Crippen LogP contribution in [0.5, 0.6) is 0 Å². The second-order valence-corrected chi connectivity index (χ2v) is 4.95. The van der Waals surface area contributed by atoms with Crippen LogP contribution in [0, 0.1) is 0 Å². The predicted octanol–water partition coefficient (Wildman–Crippen LogP) is 3.36. The van der Waals surface area contributed by atoms with Gasteiger partial charge in [0, 0.05) is 23.3 Å². The van der Waals surface area contributed by atoms with Gasteiger partial charge in [-0.15, -0.1) is 11.3 Å². The van der Waals surface area contributed by atoms with Gasteiger partial charge in [-0.3, -0.25) is 0 Å². The molecule has 0 saturated carbocycles. The van der Waals surface area contributed by atoms with Crippen LogP contribution >= 0.6 is 11.3 Å². The van der Waals surface area contributed by atoms with E-state index in [1.54, 1.807) is 18.4 Å². The number of aliphatic hydroxyl groups excluding tert-OH is 1. The topological polar surface area (TPSA) is 29.5 Å². The number of methoxy groups -OCH3 is 1. The smallest absolute Gasteiger partial charge is 0.0883 e. The Balaban J connectivity index is 2.07. The van der Waals surface area contributed by atoms with Crippen molar-refractivity contribution in [2.45, 2.75) is 18.9 Å². The molecule has 1 heterocycles. The van der Waals surface area contributed by atoms with Crippen molar-refractivity contribution in [1.29, 1.82) is 0 Å². The highest BCUT2D eigenvalue weighted by atomic mass is 32.1. The lowest BCUT2D eigenvalue weighted by Crippen LogP contribution is -1.97. The molecule has 0 radical (unpaired) electrons. The molecule has 0 aliphatic rings. The highest BCUT2D eigenvalue weighted by molar-refractivity contribution is 7.19. The zero-order valence-corrected chi connectivity index (χ0v) is 10.2. The Morgan fingerprint density at radius 2 is 2.19 bits per heavy atom. The average molecular weight is 236 g/mol. The first kappa shape index (κ1) is 11.6. The van der Waals surface area contributed by atoms with Gasteiger partial charge in [-0.2, -0.15) is 0 Å². The summed E-state index contributed by atoms with van der Waals surface area (Å²) >= 11 is 1.67. The van der Waals surface area contributed by atoms with Gasteiger partial charge in [0.2, 0.25) is 0 Å². The van der Waals surface area contributed by atoms with Gasteiger partial charge in [0.05, 0.1) is 6.10 Å². The lowest BCUT2D eigenvalue weighted by molar-refractivity contribution is 0.138. The molecule has 0 bridgehead atoms. The normalized spacial score (nSPS) is 13.1. The minimum atomic E-state index is -0.354. The molecule has 86 valence electrons. The van der Waals surface area contributed by atoms with E-state index in [-0.39, 0.29) is 6.10 Å². The van der Waals surface area contributed by atoms with Gasteiger partial charge < -0.3 is 9.84 Å². The van der Waals surface area contributed by atoms with Crippen LogP contribution in [0.15, 0.2) is 30.3 Å². The van der Waals surface area contributed by atoms with Crippen molar-refractivity contribution in [3.63, 3.8) is 0 Å². The minimum absolute atomic E-state index is 0.354. The Morgan fingerprint density at radius 1 is 1.38 bits per heavy atom. The molecule has 2 aromatic rings. The van der Waals surface area contributed by atoms with Gasteiger partial charge >= 0.3 is 0 Å². The fraction of sp³-hybridized carbons (Fsp3) is 0.385. The molecule has 0 spiro atoms. The molecule has 0 saturated heterocycles. The molecule has 0 amide bonds. The summed E-state index contributed by atoms with van der Waals surface area (Å²) in [5.41, 5.74) is 0. The third kappa shape index (κ3) is 2.61. The third-order valence-electron chi connectivity index (χ3n) is 2.60. The van der Waals surface area contributed by atoms with E-state index in [9.17, 15) is 5.11 Å². The van der Waals surface area contributed by atoms with Gasteiger partial charge in [0.1, 0.15) is 0 Å². The number of ether oxygens (including phenoxy) is 1. The summed E-state index contributed by atoms with van der Waals surface area (Å²) in [6.07, 6.45) is 1.31.